The molecule has 280 valence electrons. The molecule has 0 fully saturated rings. The van der Waals surface area contributed by atoms with Crippen molar-refractivity contribution in [1.29, 1.82) is 0 Å². The van der Waals surface area contributed by atoms with Crippen molar-refractivity contribution in [2.45, 2.75) is 0 Å². The van der Waals surface area contributed by atoms with Crippen LogP contribution in [0, 0.1) is 0 Å². The van der Waals surface area contributed by atoms with Gasteiger partial charge in [0.15, 0.2) is 0 Å². The number of rotatable bonds is 4. The van der Waals surface area contributed by atoms with Gasteiger partial charge >= 0.3 is 0 Å². The third-order valence-corrected chi connectivity index (χ3v) is 13.5. The summed E-state index contributed by atoms with van der Waals surface area (Å²) in [4.78, 5) is 0. The molecule has 0 atom stereocenters. The maximum absolute atomic E-state index is 7.14. The van der Waals surface area contributed by atoms with Crippen LogP contribution < -0.4 is 0 Å². The lowest BCUT2D eigenvalue weighted by molar-refractivity contribution is 0.670. The highest BCUT2D eigenvalue weighted by atomic mass is 16.3. The van der Waals surface area contributed by atoms with Gasteiger partial charge in [0.05, 0.1) is 0 Å². The van der Waals surface area contributed by atoms with E-state index in [0.717, 1.165) is 44.0 Å². The summed E-state index contributed by atoms with van der Waals surface area (Å²) in [5.74, 6) is 0. The van der Waals surface area contributed by atoms with Gasteiger partial charge in [0.2, 0.25) is 0 Å². The Bertz CT molecular complexity index is 4050. The lowest BCUT2D eigenvalue weighted by atomic mass is 9.87. The van der Waals surface area contributed by atoms with Gasteiger partial charge in [0.25, 0.3) is 0 Å². The summed E-state index contributed by atoms with van der Waals surface area (Å²) in [5.41, 5.74) is 11.3. The first-order valence-electron chi connectivity index (χ1n) is 21.1. The maximum atomic E-state index is 7.14. The molecule has 1 aromatic heterocycles. The van der Waals surface area contributed by atoms with Crippen LogP contribution in [0.1, 0.15) is 0 Å². The second kappa shape index (κ2) is 12.3. The first-order valence-corrected chi connectivity index (χ1v) is 21.1. The number of furan rings is 1. The predicted octanol–water partition coefficient (Wildman–Crippen LogP) is 17.2. The average molecular weight is 771 g/mol. The van der Waals surface area contributed by atoms with E-state index in [4.69, 9.17) is 4.42 Å². The predicted molar refractivity (Wildman–Crippen MR) is 260 cm³/mol. The Balaban J connectivity index is 0.988. The summed E-state index contributed by atoms with van der Waals surface area (Å²) in [5, 5.41) is 20.1. The van der Waals surface area contributed by atoms with Gasteiger partial charge in [-0.25, -0.2) is 0 Å². The SMILES string of the molecule is c1ccc(-c2ccc3cc4c(cc3c2)oc2c(-c3ccc5ccc6cccc7ccc3c5c67)ccc(-c3ccc(-c5ccc6ccc7cccc8ccc5c6c78)cc3)c24)cc1. The lowest BCUT2D eigenvalue weighted by Crippen LogP contribution is -1.89. The third-order valence-electron chi connectivity index (χ3n) is 13.5. The van der Waals surface area contributed by atoms with Crippen molar-refractivity contribution in [3.8, 4) is 44.5 Å². The van der Waals surface area contributed by atoms with E-state index in [2.05, 4.69) is 206 Å². The summed E-state index contributed by atoms with van der Waals surface area (Å²) in [7, 11) is 0. The smallest absolute Gasteiger partial charge is 0.143 e. The summed E-state index contributed by atoms with van der Waals surface area (Å²) in [6.07, 6.45) is 0. The van der Waals surface area contributed by atoms with Crippen molar-refractivity contribution in [2.24, 2.45) is 0 Å². The third kappa shape index (κ3) is 4.72. The monoisotopic (exact) mass is 770 g/mol. The van der Waals surface area contributed by atoms with Gasteiger partial charge in [-0.05, 0) is 139 Å². The summed E-state index contributed by atoms with van der Waals surface area (Å²) >= 11 is 0. The first kappa shape index (κ1) is 32.9. The number of hydrogen-bond acceptors (Lipinski definition) is 1. The molecule has 61 heavy (non-hydrogen) atoms. The van der Waals surface area contributed by atoms with Crippen molar-refractivity contribution in [3.05, 3.63) is 206 Å². The fourth-order valence-electron chi connectivity index (χ4n) is 10.7. The molecule has 14 aromatic rings. The zero-order chi connectivity index (χ0) is 39.8. The van der Waals surface area contributed by atoms with Crippen molar-refractivity contribution in [2.75, 3.05) is 0 Å². The Labute approximate surface area is 351 Å². The van der Waals surface area contributed by atoms with E-state index in [1.54, 1.807) is 0 Å². The molecule has 0 unspecified atom stereocenters. The van der Waals surface area contributed by atoms with Crippen LogP contribution in [0.25, 0.3) is 142 Å². The molecular weight excluding hydrogens is 737 g/mol. The Kier molecular flexibility index (Phi) is 6.62. The van der Waals surface area contributed by atoms with Crippen molar-refractivity contribution in [3.63, 3.8) is 0 Å². The largest absolute Gasteiger partial charge is 0.455 e. The van der Waals surface area contributed by atoms with Crippen LogP contribution in [0.5, 0.6) is 0 Å². The molecule has 0 saturated carbocycles. The summed E-state index contributed by atoms with van der Waals surface area (Å²) in [6, 6.07) is 76.3. The fraction of sp³-hybridized carbons (Fsp3) is 0. The molecule has 0 N–H and O–H groups in total. The molecule has 1 nitrogen and oxygen atoms in total. The zero-order valence-electron chi connectivity index (χ0n) is 33.0. The Morgan fingerprint density at radius 2 is 0.721 bits per heavy atom. The highest BCUT2D eigenvalue weighted by molar-refractivity contribution is 6.28. The van der Waals surface area contributed by atoms with Crippen molar-refractivity contribution < 1.29 is 4.42 Å². The van der Waals surface area contributed by atoms with E-state index >= 15 is 0 Å². The lowest BCUT2D eigenvalue weighted by Gasteiger charge is -2.15. The minimum Gasteiger partial charge on any atom is -0.455 e. The summed E-state index contributed by atoms with van der Waals surface area (Å²) in [6.45, 7) is 0. The molecule has 1 heteroatoms. The van der Waals surface area contributed by atoms with E-state index in [9.17, 15) is 0 Å². The number of benzene rings is 13. The minimum absolute atomic E-state index is 0.893. The molecule has 0 spiro atoms. The Morgan fingerprint density at radius 3 is 1.38 bits per heavy atom. The normalized spacial score (nSPS) is 12.3. The number of fused-ring (bicyclic) bond motifs is 4. The van der Waals surface area contributed by atoms with E-state index in [1.807, 2.05) is 0 Å². The quantitative estimate of drug-likeness (QED) is 0.162. The Morgan fingerprint density at radius 1 is 0.230 bits per heavy atom. The van der Waals surface area contributed by atoms with Crippen LogP contribution >= 0.6 is 0 Å². The standard InChI is InChI=1S/C60H34O/c1-2-6-35(7-3-1)44-20-21-45-33-53-54(34-46(45)32-44)61-60-52(49-27-23-43-19-17-39-9-5-11-41-25-29-51(49)58(43)56(39)41)31-30-48(59(53)60)37-14-12-36(13-15-37)47-26-22-42-18-16-38-8-4-10-40-24-28-50(47)57(42)55(38)40/h1-34H. The molecule has 0 bridgehead atoms. The molecular formula is C60H34O. The molecule has 0 aliphatic heterocycles. The molecule has 0 radical (unpaired) electrons. The van der Waals surface area contributed by atoms with Crippen molar-refractivity contribution in [1.82, 2.24) is 0 Å². The van der Waals surface area contributed by atoms with Gasteiger partial charge in [-0.15, -0.1) is 0 Å². The zero-order valence-corrected chi connectivity index (χ0v) is 33.0. The fourth-order valence-corrected chi connectivity index (χ4v) is 10.7. The second-order valence-corrected chi connectivity index (χ2v) is 16.8. The molecule has 0 amide bonds. The first-order chi connectivity index (χ1) is 30.2. The van der Waals surface area contributed by atoms with Gasteiger partial charge in [-0.1, -0.05) is 182 Å². The van der Waals surface area contributed by atoms with Gasteiger partial charge in [-0.2, -0.15) is 0 Å². The highest BCUT2D eigenvalue weighted by Crippen LogP contribution is 2.47. The highest BCUT2D eigenvalue weighted by Gasteiger charge is 2.21. The van der Waals surface area contributed by atoms with Crippen molar-refractivity contribution >= 4 is 97.3 Å². The summed E-state index contributed by atoms with van der Waals surface area (Å²) < 4.78 is 7.14. The van der Waals surface area contributed by atoms with E-state index < -0.39 is 0 Å². The number of hydrogen-bond donors (Lipinski definition) is 0. The molecule has 1 heterocycles. The molecule has 0 aliphatic rings. The van der Waals surface area contributed by atoms with Crippen LogP contribution in [0.3, 0.4) is 0 Å². The molecule has 14 rings (SSSR count). The van der Waals surface area contributed by atoms with Gasteiger partial charge in [0.1, 0.15) is 11.2 Å². The molecule has 0 aliphatic carbocycles. The van der Waals surface area contributed by atoms with E-state index in [-0.39, 0.29) is 0 Å². The minimum atomic E-state index is 0.893. The van der Waals surface area contributed by atoms with Crippen LogP contribution in [0.15, 0.2) is 211 Å². The maximum Gasteiger partial charge on any atom is 0.143 e. The van der Waals surface area contributed by atoms with E-state index in [0.29, 0.717) is 0 Å². The topological polar surface area (TPSA) is 13.1 Å². The van der Waals surface area contributed by atoms with E-state index in [1.165, 1.54) is 97.8 Å². The average Bonchev–Trinajstić information content (AvgIpc) is 3.70. The van der Waals surface area contributed by atoms with Gasteiger partial charge in [0, 0.05) is 16.3 Å². The molecule has 0 saturated heterocycles. The van der Waals surface area contributed by atoms with Crippen LogP contribution in [-0.4, -0.2) is 0 Å². The van der Waals surface area contributed by atoms with Crippen LogP contribution in [-0.2, 0) is 0 Å². The van der Waals surface area contributed by atoms with Crippen LogP contribution in [0.2, 0.25) is 0 Å². The van der Waals surface area contributed by atoms with Gasteiger partial charge < -0.3 is 4.42 Å². The Hall–Kier alpha value is -8.00. The van der Waals surface area contributed by atoms with Gasteiger partial charge in [-0.3, -0.25) is 0 Å². The second-order valence-electron chi connectivity index (χ2n) is 16.8. The van der Waals surface area contributed by atoms with Crippen LogP contribution in [0.4, 0.5) is 0 Å². The molecule has 13 aromatic carbocycles.